The minimum Gasteiger partial charge on any atom is -0.497 e. The van der Waals surface area contributed by atoms with Crippen molar-refractivity contribution in [1.29, 1.82) is 0 Å². The lowest BCUT2D eigenvalue weighted by Gasteiger charge is -2.17. The van der Waals surface area contributed by atoms with Crippen molar-refractivity contribution in [3.05, 3.63) is 54.1 Å². The van der Waals surface area contributed by atoms with Gasteiger partial charge in [-0.25, -0.2) is 4.79 Å². The maximum atomic E-state index is 12.6. The Bertz CT molecular complexity index is 728. The molecule has 0 saturated heterocycles. The molecule has 2 aromatic rings. The van der Waals surface area contributed by atoms with Gasteiger partial charge in [-0.1, -0.05) is 0 Å². The molecule has 128 valence electrons. The van der Waals surface area contributed by atoms with E-state index in [-0.39, 0.29) is 0 Å². The number of anilines is 1. The van der Waals surface area contributed by atoms with Crippen molar-refractivity contribution in [3.63, 3.8) is 0 Å². The average molecular weight is 349 g/mol. The third-order valence-electron chi connectivity index (χ3n) is 3.07. The third-order valence-corrected chi connectivity index (χ3v) is 4.29. The summed E-state index contributed by atoms with van der Waals surface area (Å²) in [6.07, 6.45) is 0. The number of nitrogens with one attached hydrogen (secondary N) is 1. The highest BCUT2D eigenvalue weighted by atomic mass is 31.2. The molecule has 0 unspecified atom stereocenters. The molecular weight excluding hydrogens is 329 g/mol. The minimum atomic E-state index is -3.12. The van der Waals surface area contributed by atoms with Crippen LogP contribution in [-0.2, 0) is 9.30 Å². The molecule has 0 aromatic heterocycles. The maximum Gasteiger partial charge on any atom is 0.338 e. The summed E-state index contributed by atoms with van der Waals surface area (Å²) in [7, 11) is -1.55. The van der Waals surface area contributed by atoms with Crippen LogP contribution in [0.2, 0.25) is 0 Å². The summed E-state index contributed by atoms with van der Waals surface area (Å²) in [5, 5.41) is 2.84. The van der Waals surface area contributed by atoms with Crippen LogP contribution in [0.5, 0.6) is 11.5 Å². The van der Waals surface area contributed by atoms with Gasteiger partial charge in [0.2, 0.25) is 0 Å². The molecule has 0 heterocycles. The third kappa shape index (κ3) is 5.03. The van der Waals surface area contributed by atoms with Crippen LogP contribution in [0.15, 0.2) is 48.5 Å². The van der Waals surface area contributed by atoms with E-state index in [1.54, 1.807) is 62.6 Å². The fraction of sp³-hybridized carbons (Fsp3) is 0.235. The van der Waals surface area contributed by atoms with Crippen LogP contribution in [0.25, 0.3) is 0 Å². The largest absolute Gasteiger partial charge is 0.497 e. The number of carbonyl (C=O) groups is 1. The Balaban J connectivity index is 2.02. The summed E-state index contributed by atoms with van der Waals surface area (Å²) >= 11 is 0. The first-order valence-electron chi connectivity index (χ1n) is 7.40. The monoisotopic (exact) mass is 349 g/mol. The second kappa shape index (κ2) is 7.88. The summed E-state index contributed by atoms with van der Waals surface area (Å²) < 4.78 is 28.1. The van der Waals surface area contributed by atoms with Gasteiger partial charge in [0, 0.05) is 12.4 Å². The van der Waals surface area contributed by atoms with E-state index in [2.05, 4.69) is 5.09 Å². The Morgan fingerprint density at radius 2 is 1.62 bits per heavy atom. The lowest BCUT2D eigenvalue weighted by atomic mass is 10.2. The van der Waals surface area contributed by atoms with Gasteiger partial charge < -0.3 is 19.1 Å². The van der Waals surface area contributed by atoms with Crippen molar-refractivity contribution in [3.8, 4) is 11.5 Å². The Kier molecular flexibility index (Phi) is 5.88. The molecule has 0 fully saturated rings. The number of hydrogen-bond donors (Lipinski definition) is 1. The highest BCUT2D eigenvalue weighted by Crippen LogP contribution is 2.43. The normalized spacial score (nSPS) is 12.8. The lowest BCUT2D eigenvalue weighted by molar-refractivity contribution is 0.0526. The highest BCUT2D eigenvalue weighted by molar-refractivity contribution is 7.60. The zero-order valence-corrected chi connectivity index (χ0v) is 14.7. The first-order valence-corrected chi connectivity index (χ1v) is 9.47. The molecule has 7 heteroatoms. The van der Waals surface area contributed by atoms with Crippen LogP contribution < -0.4 is 14.3 Å². The SMILES string of the molecule is CCOC(=O)c1ccc(N[P@](C)(=O)Oc2ccc(OC)cc2)cc1. The summed E-state index contributed by atoms with van der Waals surface area (Å²) in [4.78, 5) is 11.6. The van der Waals surface area contributed by atoms with Gasteiger partial charge in [0.25, 0.3) is 0 Å². The number of hydrogen-bond acceptors (Lipinski definition) is 5. The fourth-order valence-corrected chi connectivity index (χ4v) is 3.18. The van der Waals surface area contributed by atoms with Crippen LogP contribution >= 0.6 is 7.52 Å². The molecule has 0 aliphatic heterocycles. The predicted molar refractivity (Wildman–Crippen MR) is 93.2 cm³/mol. The number of benzene rings is 2. The quantitative estimate of drug-likeness (QED) is 0.597. The summed E-state index contributed by atoms with van der Waals surface area (Å²) in [5.41, 5.74) is 1.02. The molecule has 1 atom stereocenters. The second-order valence-corrected chi connectivity index (χ2v) is 7.12. The fourth-order valence-electron chi connectivity index (χ4n) is 1.99. The molecule has 2 rings (SSSR count). The Morgan fingerprint density at radius 3 is 2.17 bits per heavy atom. The van der Waals surface area contributed by atoms with Gasteiger partial charge in [-0.3, -0.25) is 4.57 Å². The Hall–Kier alpha value is -2.46. The van der Waals surface area contributed by atoms with Crippen LogP contribution in [0.4, 0.5) is 5.69 Å². The number of ether oxygens (including phenoxy) is 2. The zero-order chi connectivity index (χ0) is 17.6. The molecule has 0 amide bonds. The van der Waals surface area contributed by atoms with E-state index in [4.69, 9.17) is 14.0 Å². The van der Waals surface area contributed by atoms with Crippen LogP contribution in [-0.4, -0.2) is 26.4 Å². The van der Waals surface area contributed by atoms with Crippen molar-refractivity contribution in [2.75, 3.05) is 25.5 Å². The van der Waals surface area contributed by atoms with Gasteiger partial charge in [-0.2, -0.15) is 0 Å². The number of rotatable bonds is 7. The van der Waals surface area contributed by atoms with Crippen LogP contribution in [0.3, 0.4) is 0 Å². The van der Waals surface area contributed by atoms with Crippen molar-refractivity contribution < 1.29 is 23.4 Å². The molecule has 0 spiro atoms. The first kappa shape index (κ1) is 17.9. The predicted octanol–water partition coefficient (Wildman–Crippen LogP) is 4.19. The minimum absolute atomic E-state index is 0.318. The number of methoxy groups -OCH3 is 1. The van der Waals surface area contributed by atoms with Gasteiger partial charge in [0.15, 0.2) is 0 Å². The highest BCUT2D eigenvalue weighted by Gasteiger charge is 2.18. The summed E-state index contributed by atoms with van der Waals surface area (Å²) in [5.74, 6) is 0.770. The average Bonchev–Trinajstić information content (AvgIpc) is 2.55. The van der Waals surface area contributed by atoms with Crippen LogP contribution in [0, 0.1) is 0 Å². The van der Waals surface area contributed by atoms with E-state index >= 15 is 0 Å². The lowest BCUT2D eigenvalue weighted by Crippen LogP contribution is -2.05. The number of carbonyl (C=O) groups excluding carboxylic acids is 1. The molecule has 0 aliphatic rings. The van der Waals surface area contributed by atoms with Gasteiger partial charge in [0.05, 0.1) is 19.3 Å². The molecular formula is C17H20NO5P. The first-order chi connectivity index (χ1) is 11.4. The van der Waals surface area contributed by atoms with Gasteiger partial charge in [-0.15, -0.1) is 0 Å². The maximum absolute atomic E-state index is 12.6. The van der Waals surface area contributed by atoms with Crippen molar-refractivity contribution >= 4 is 19.2 Å². The smallest absolute Gasteiger partial charge is 0.338 e. The molecule has 6 nitrogen and oxygen atoms in total. The van der Waals surface area contributed by atoms with E-state index in [1.807, 2.05) is 0 Å². The van der Waals surface area contributed by atoms with E-state index in [0.717, 1.165) is 0 Å². The Morgan fingerprint density at radius 1 is 1.04 bits per heavy atom. The standard InChI is InChI=1S/C17H20NO5P/c1-4-22-17(19)13-5-7-14(8-6-13)18-24(3,20)23-16-11-9-15(21-2)10-12-16/h5-12H,4H2,1-3H3,(H,18,20)/t24-/m1/s1. The van der Waals surface area contributed by atoms with Gasteiger partial charge in [0.1, 0.15) is 11.5 Å². The van der Waals surface area contributed by atoms with Crippen molar-refractivity contribution in [2.45, 2.75) is 6.92 Å². The molecule has 0 radical (unpaired) electrons. The molecule has 2 aromatic carbocycles. The number of esters is 1. The molecule has 1 N–H and O–H groups in total. The summed E-state index contributed by atoms with van der Waals surface area (Å²) in [6.45, 7) is 3.55. The topological polar surface area (TPSA) is 73.9 Å². The molecule has 0 aliphatic carbocycles. The van der Waals surface area contributed by atoms with Gasteiger partial charge >= 0.3 is 13.5 Å². The second-order valence-electron chi connectivity index (χ2n) is 5.02. The Labute approximate surface area is 141 Å². The zero-order valence-electron chi connectivity index (χ0n) is 13.8. The molecule has 24 heavy (non-hydrogen) atoms. The van der Waals surface area contributed by atoms with E-state index in [0.29, 0.717) is 29.4 Å². The van der Waals surface area contributed by atoms with E-state index in [9.17, 15) is 9.36 Å². The van der Waals surface area contributed by atoms with E-state index < -0.39 is 13.5 Å². The molecule has 0 saturated carbocycles. The van der Waals surface area contributed by atoms with Crippen molar-refractivity contribution in [1.82, 2.24) is 0 Å². The van der Waals surface area contributed by atoms with Crippen LogP contribution in [0.1, 0.15) is 17.3 Å². The van der Waals surface area contributed by atoms with Crippen molar-refractivity contribution in [2.24, 2.45) is 0 Å². The molecule has 0 bridgehead atoms. The van der Waals surface area contributed by atoms with E-state index in [1.165, 1.54) is 6.66 Å². The summed E-state index contributed by atoms with van der Waals surface area (Å²) in [6, 6.07) is 13.3. The van der Waals surface area contributed by atoms with Gasteiger partial charge in [-0.05, 0) is 55.5 Å².